The summed E-state index contributed by atoms with van der Waals surface area (Å²) in [4.78, 5) is 13.2. The number of carbonyl (C=O) groups excluding carboxylic acids is 1. The largest absolute Gasteiger partial charge is 0.340 e. The number of nitrogens with two attached hydrogens (primary N) is 1. The third kappa shape index (κ3) is 5.76. The summed E-state index contributed by atoms with van der Waals surface area (Å²) in [6.45, 7) is 0.0581. The van der Waals surface area contributed by atoms with Gasteiger partial charge in [-0.05, 0) is 24.1 Å². The molecular weight excluding hydrogens is 302 g/mol. The quantitative estimate of drug-likeness (QED) is 0.836. The second-order valence-corrected chi connectivity index (χ2v) is 7.23. The van der Waals surface area contributed by atoms with Gasteiger partial charge in [-0.3, -0.25) is 4.79 Å². The lowest BCUT2D eigenvalue weighted by atomic mass is 10.1. The Kier molecular flexibility index (Phi) is 5.79. The highest BCUT2D eigenvalue weighted by Crippen LogP contribution is 2.11. The number of nitrogens with zero attached hydrogens (tertiary/aromatic N) is 1. The normalized spacial score (nSPS) is 13.0. The molecule has 0 aromatic heterocycles. The fraction of sp³-hybridized carbons (Fsp3) is 0.462. The molecule has 0 aliphatic rings. The topological polar surface area (TPSA) is 80.5 Å². The van der Waals surface area contributed by atoms with E-state index in [0.717, 1.165) is 18.4 Å². The third-order valence-corrected chi connectivity index (χ3v) is 3.87. The van der Waals surface area contributed by atoms with E-state index in [1.54, 1.807) is 0 Å². The van der Waals surface area contributed by atoms with Gasteiger partial charge in [0.1, 0.15) is 9.84 Å². The molecule has 1 aromatic carbocycles. The van der Waals surface area contributed by atoms with Gasteiger partial charge in [0, 0.05) is 19.8 Å². The summed E-state index contributed by atoms with van der Waals surface area (Å²) in [6, 6.07) is 2.40. The van der Waals surface area contributed by atoms with E-state index >= 15 is 0 Å². The molecular formula is C13H18F2N2O3S. The van der Waals surface area contributed by atoms with Crippen LogP contribution in [0.4, 0.5) is 8.78 Å². The van der Waals surface area contributed by atoms with Gasteiger partial charge in [-0.1, -0.05) is 6.07 Å². The Hall–Kier alpha value is -1.54. The molecule has 1 atom stereocenters. The molecule has 118 valence electrons. The molecule has 0 saturated carbocycles. The van der Waals surface area contributed by atoms with Crippen molar-refractivity contribution in [2.24, 2.45) is 5.73 Å². The Bertz CT molecular complexity index is 620. The van der Waals surface area contributed by atoms with Gasteiger partial charge < -0.3 is 10.6 Å². The van der Waals surface area contributed by atoms with Crippen LogP contribution in [0.5, 0.6) is 0 Å². The first-order chi connectivity index (χ1) is 9.60. The molecule has 1 rings (SSSR count). The van der Waals surface area contributed by atoms with E-state index in [2.05, 4.69) is 0 Å². The molecule has 21 heavy (non-hydrogen) atoms. The standard InChI is InChI=1S/C13H18F2N2O3S/c1-17(8-9-3-4-10(14)11(15)7-9)13(18)12(16)5-6-21(2,19)20/h3-4,7,12H,5-6,8,16H2,1-2H3. The van der Waals surface area contributed by atoms with E-state index in [4.69, 9.17) is 5.73 Å². The van der Waals surface area contributed by atoms with E-state index in [1.807, 2.05) is 0 Å². The molecule has 1 amide bonds. The molecule has 0 bridgehead atoms. The first-order valence-electron chi connectivity index (χ1n) is 6.22. The Morgan fingerprint density at radius 3 is 2.48 bits per heavy atom. The minimum atomic E-state index is -3.19. The van der Waals surface area contributed by atoms with Crippen LogP contribution in [0.3, 0.4) is 0 Å². The molecule has 0 fully saturated rings. The van der Waals surface area contributed by atoms with Crippen molar-refractivity contribution in [2.45, 2.75) is 19.0 Å². The van der Waals surface area contributed by atoms with Crippen LogP contribution in [0.25, 0.3) is 0 Å². The summed E-state index contributed by atoms with van der Waals surface area (Å²) in [5.41, 5.74) is 6.06. The van der Waals surface area contributed by atoms with Gasteiger partial charge in [0.2, 0.25) is 5.91 Å². The molecule has 8 heteroatoms. The molecule has 2 N–H and O–H groups in total. The fourth-order valence-corrected chi connectivity index (χ4v) is 2.42. The minimum Gasteiger partial charge on any atom is -0.340 e. The fourth-order valence-electron chi connectivity index (χ4n) is 1.74. The number of amides is 1. The molecule has 0 radical (unpaired) electrons. The van der Waals surface area contributed by atoms with Gasteiger partial charge in [-0.2, -0.15) is 0 Å². The molecule has 0 aliphatic carbocycles. The maximum Gasteiger partial charge on any atom is 0.239 e. The zero-order chi connectivity index (χ0) is 16.2. The number of carbonyl (C=O) groups is 1. The van der Waals surface area contributed by atoms with E-state index < -0.39 is 33.4 Å². The maximum absolute atomic E-state index is 13.1. The molecule has 0 aliphatic heterocycles. The van der Waals surface area contributed by atoms with E-state index in [1.165, 1.54) is 18.0 Å². The molecule has 0 saturated heterocycles. The van der Waals surface area contributed by atoms with Crippen LogP contribution in [-0.2, 0) is 21.2 Å². The first kappa shape index (κ1) is 17.5. The zero-order valence-corrected chi connectivity index (χ0v) is 12.7. The predicted octanol–water partition coefficient (Wildman–Crippen LogP) is 0.685. The van der Waals surface area contributed by atoms with Crippen molar-refractivity contribution in [3.05, 3.63) is 35.4 Å². The molecule has 0 spiro atoms. The highest BCUT2D eigenvalue weighted by atomic mass is 32.2. The van der Waals surface area contributed by atoms with Gasteiger partial charge in [0.25, 0.3) is 0 Å². The van der Waals surface area contributed by atoms with Gasteiger partial charge >= 0.3 is 0 Å². The Morgan fingerprint density at radius 1 is 1.33 bits per heavy atom. The molecule has 1 aromatic rings. The maximum atomic E-state index is 13.1. The van der Waals surface area contributed by atoms with E-state index in [-0.39, 0.29) is 18.7 Å². The Balaban J connectivity index is 2.63. The Labute approximate surface area is 122 Å². The van der Waals surface area contributed by atoms with Gasteiger partial charge in [0.15, 0.2) is 11.6 Å². The van der Waals surface area contributed by atoms with Crippen LogP contribution < -0.4 is 5.73 Å². The van der Waals surface area contributed by atoms with Crippen molar-refractivity contribution in [1.82, 2.24) is 4.90 Å². The number of halogens is 2. The zero-order valence-electron chi connectivity index (χ0n) is 11.8. The van der Waals surface area contributed by atoms with Crippen LogP contribution in [0, 0.1) is 11.6 Å². The van der Waals surface area contributed by atoms with E-state index in [0.29, 0.717) is 5.56 Å². The number of likely N-dealkylation sites (N-methyl/N-ethyl adjacent to an activating group) is 1. The summed E-state index contributed by atoms with van der Waals surface area (Å²) in [6.07, 6.45) is 1.08. The highest BCUT2D eigenvalue weighted by molar-refractivity contribution is 7.90. The summed E-state index contributed by atoms with van der Waals surface area (Å²) < 4.78 is 47.9. The van der Waals surface area contributed by atoms with Gasteiger partial charge in [0.05, 0.1) is 11.8 Å². The lowest BCUT2D eigenvalue weighted by Gasteiger charge is -2.21. The summed E-state index contributed by atoms with van der Waals surface area (Å²) >= 11 is 0. The smallest absolute Gasteiger partial charge is 0.239 e. The van der Waals surface area contributed by atoms with Crippen LogP contribution in [0.15, 0.2) is 18.2 Å². The second-order valence-electron chi connectivity index (χ2n) is 4.97. The number of rotatable bonds is 6. The highest BCUT2D eigenvalue weighted by Gasteiger charge is 2.20. The van der Waals surface area contributed by atoms with Crippen molar-refractivity contribution in [1.29, 1.82) is 0 Å². The van der Waals surface area contributed by atoms with Crippen LogP contribution in [0.2, 0.25) is 0 Å². The van der Waals surface area contributed by atoms with Crippen molar-refractivity contribution in [3.63, 3.8) is 0 Å². The first-order valence-corrected chi connectivity index (χ1v) is 8.28. The molecule has 1 unspecified atom stereocenters. The predicted molar refractivity (Wildman–Crippen MR) is 75.1 cm³/mol. The number of hydrogen-bond donors (Lipinski definition) is 1. The average Bonchev–Trinajstić information content (AvgIpc) is 2.38. The lowest BCUT2D eigenvalue weighted by molar-refractivity contribution is -0.131. The number of hydrogen-bond acceptors (Lipinski definition) is 4. The number of sulfone groups is 1. The SMILES string of the molecule is CN(Cc1ccc(F)c(F)c1)C(=O)C(N)CCS(C)(=O)=O. The summed E-state index contributed by atoms with van der Waals surface area (Å²) in [5, 5.41) is 0. The van der Waals surface area contributed by atoms with Crippen LogP contribution in [0.1, 0.15) is 12.0 Å². The van der Waals surface area contributed by atoms with Crippen molar-refractivity contribution < 1.29 is 22.0 Å². The summed E-state index contributed by atoms with van der Waals surface area (Å²) in [7, 11) is -1.73. The molecule has 5 nitrogen and oxygen atoms in total. The monoisotopic (exact) mass is 320 g/mol. The van der Waals surface area contributed by atoms with Crippen LogP contribution >= 0.6 is 0 Å². The average molecular weight is 320 g/mol. The van der Waals surface area contributed by atoms with Gasteiger partial charge in [-0.15, -0.1) is 0 Å². The van der Waals surface area contributed by atoms with Crippen molar-refractivity contribution >= 4 is 15.7 Å². The van der Waals surface area contributed by atoms with Gasteiger partial charge in [-0.25, -0.2) is 17.2 Å². The van der Waals surface area contributed by atoms with Crippen molar-refractivity contribution in [3.8, 4) is 0 Å². The third-order valence-electron chi connectivity index (χ3n) is 2.90. The van der Waals surface area contributed by atoms with Crippen LogP contribution in [-0.4, -0.2) is 44.3 Å². The minimum absolute atomic E-state index is 0.0137. The number of benzene rings is 1. The second kappa shape index (κ2) is 6.95. The molecule has 0 heterocycles. The van der Waals surface area contributed by atoms with Crippen molar-refractivity contribution in [2.75, 3.05) is 19.1 Å². The Morgan fingerprint density at radius 2 is 1.95 bits per heavy atom. The lowest BCUT2D eigenvalue weighted by Crippen LogP contribution is -2.42. The van der Waals surface area contributed by atoms with E-state index in [9.17, 15) is 22.0 Å². The summed E-state index contributed by atoms with van der Waals surface area (Å²) in [5.74, 6) is -2.59.